The summed E-state index contributed by atoms with van der Waals surface area (Å²) in [6.45, 7) is 11.2. The molecular weight excluding hydrogens is 450 g/mol. The second-order valence-electron chi connectivity index (χ2n) is 3.41. The van der Waals surface area contributed by atoms with Gasteiger partial charge in [0.05, 0.1) is 0 Å². The molecule has 2 radical (unpaired) electrons. The molecule has 126 valence electrons. The minimum absolute atomic E-state index is 0. The number of rotatable bonds is 3. The number of ketones is 1. The van der Waals surface area contributed by atoms with Crippen molar-refractivity contribution in [3.63, 3.8) is 0 Å². The summed E-state index contributed by atoms with van der Waals surface area (Å²) in [7, 11) is 0. The van der Waals surface area contributed by atoms with Gasteiger partial charge in [0.25, 0.3) is 0 Å². The molecular formula is C20H24O2Y2-4. The molecule has 0 aromatic heterocycles. The van der Waals surface area contributed by atoms with Gasteiger partial charge in [-0.15, -0.1) is 12.5 Å². The SMILES string of the molecule is CC.CC.O=[C-]Cc1[c-]cccc1.[CH2-]C(=O)c1[c-]cccc1.[Y].[Y]. The van der Waals surface area contributed by atoms with Crippen molar-refractivity contribution in [2.75, 3.05) is 0 Å². The maximum absolute atomic E-state index is 10.5. The first kappa shape index (κ1) is 31.6. The van der Waals surface area contributed by atoms with E-state index in [4.69, 9.17) is 0 Å². The van der Waals surface area contributed by atoms with Crippen LogP contribution in [0.2, 0.25) is 0 Å². The van der Waals surface area contributed by atoms with E-state index in [0.717, 1.165) is 5.56 Å². The topological polar surface area (TPSA) is 34.1 Å². The van der Waals surface area contributed by atoms with Crippen LogP contribution in [0.3, 0.4) is 0 Å². The average Bonchev–Trinajstić information content (AvgIpc) is 2.61. The van der Waals surface area contributed by atoms with E-state index in [9.17, 15) is 9.59 Å². The summed E-state index contributed by atoms with van der Waals surface area (Å²) in [5.74, 6) is -0.185. The molecule has 0 N–H and O–H groups in total. The zero-order chi connectivity index (χ0) is 17.2. The van der Waals surface area contributed by atoms with Gasteiger partial charge < -0.3 is 9.59 Å². The molecule has 2 aromatic carbocycles. The van der Waals surface area contributed by atoms with E-state index in [1.165, 1.54) is 0 Å². The molecule has 0 amide bonds. The summed E-state index contributed by atoms with van der Waals surface area (Å²) in [4.78, 5) is 20.3. The Kier molecular flexibility index (Phi) is 33.1. The van der Waals surface area contributed by atoms with Crippen LogP contribution in [0.4, 0.5) is 0 Å². The Bertz CT molecular complexity index is 486. The molecule has 0 aliphatic heterocycles. The van der Waals surface area contributed by atoms with Crippen molar-refractivity contribution in [1.82, 2.24) is 0 Å². The molecule has 4 heteroatoms. The van der Waals surface area contributed by atoms with Crippen LogP contribution in [0.25, 0.3) is 0 Å². The van der Waals surface area contributed by atoms with Gasteiger partial charge in [-0.25, -0.2) is 19.1 Å². The van der Waals surface area contributed by atoms with Crippen LogP contribution in [-0.4, -0.2) is 12.1 Å². The summed E-state index contributed by atoms with van der Waals surface area (Å²) >= 11 is 0. The van der Waals surface area contributed by atoms with E-state index in [0.29, 0.717) is 12.0 Å². The van der Waals surface area contributed by atoms with Crippen molar-refractivity contribution in [2.24, 2.45) is 0 Å². The fraction of sp³-hybridized carbons (Fsp3) is 0.250. The fourth-order valence-corrected chi connectivity index (χ4v) is 1.19. The van der Waals surface area contributed by atoms with Gasteiger partial charge in [0, 0.05) is 65.4 Å². The first-order chi connectivity index (χ1) is 10.7. The number of benzene rings is 2. The number of Topliss-reactive ketones (excluding diaryl/α,β-unsaturated/α-hetero) is 1. The monoisotopic (exact) mass is 474 g/mol. The molecule has 0 unspecified atom stereocenters. The summed E-state index contributed by atoms with van der Waals surface area (Å²) in [6, 6.07) is 20.0. The van der Waals surface area contributed by atoms with Crippen molar-refractivity contribution in [3.05, 3.63) is 78.7 Å². The van der Waals surface area contributed by atoms with E-state index in [1.54, 1.807) is 30.6 Å². The van der Waals surface area contributed by atoms with Gasteiger partial charge in [-0.1, -0.05) is 33.5 Å². The fourth-order valence-electron chi connectivity index (χ4n) is 1.19. The van der Waals surface area contributed by atoms with Gasteiger partial charge in [-0.3, -0.25) is 11.8 Å². The predicted molar refractivity (Wildman–Crippen MR) is 92.3 cm³/mol. The molecule has 0 spiro atoms. The van der Waals surface area contributed by atoms with Crippen molar-refractivity contribution >= 4 is 12.1 Å². The van der Waals surface area contributed by atoms with Crippen molar-refractivity contribution in [3.8, 4) is 0 Å². The molecule has 0 saturated heterocycles. The van der Waals surface area contributed by atoms with Gasteiger partial charge in [0.1, 0.15) is 0 Å². The number of hydrogen-bond donors (Lipinski definition) is 0. The molecule has 0 aliphatic carbocycles. The van der Waals surface area contributed by atoms with Crippen LogP contribution in [-0.2, 0) is 76.6 Å². The maximum Gasteiger partial charge on any atom is 0 e. The van der Waals surface area contributed by atoms with Crippen LogP contribution in [0.5, 0.6) is 0 Å². The van der Waals surface area contributed by atoms with Gasteiger partial charge in [0.2, 0.25) is 0 Å². The third kappa shape index (κ3) is 18.2. The van der Waals surface area contributed by atoms with Crippen LogP contribution in [0.1, 0.15) is 43.6 Å². The Balaban J connectivity index is -0.000000129. The van der Waals surface area contributed by atoms with Crippen LogP contribution >= 0.6 is 0 Å². The first-order valence-electron chi connectivity index (χ1n) is 7.37. The van der Waals surface area contributed by atoms with E-state index < -0.39 is 0 Å². The third-order valence-electron chi connectivity index (χ3n) is 2.05. The van der Waals surface area contributed by atoms with Gasteiger partial charge in [0.15, 0.2) is 0 Å². The molecule has 2 rings (SSSR count). The molecule has 0 bridgehead atoms. The standard InChI is InChI=1S/2C8H6O.2C2H6.2Y/c1-7(9)8-5-3-2-4-6-8;9-7-6-8-4-2-1-3-5-8;2*1-2;;/h2-5H,1H2;1-4H,6H2;2*1-2H3;;/q2*-2;;;;. The Morgan fingerprint density at radius 2 is 1.46 bits per heavy atom. The minimum atomic E-state index is -0.185. The Morgan fingerprint density at radius 1 is 0.958 bits per heavy atom. The van der Waals surface area contributed by atoms with Crippen LogP contribution in [0, 0.1) is 19.1 Å². The molecule has 0 atom stereocenters. The van der Waals surface area contributed by atoms with E-state index in [1.807, 2.05) is 52.0 Å². The molecule has 0 aliphatic rings. The molecule has 0 saturated carbocycles. The van der Waals surface area contributed by atoms with Crippen LogP contribution in [0.15, 0.2) is 48.5 Å². The Hall–Kier alpha value is -0.142. The number of carbonyl (C=O) groups is 1. The predicted octanol–water partition coefficient (Wildman–Crippen LogP) is 4.69. The second kappa shape index (κ2) is 25.1. The number of carbonyl (C=O) groups excluding carboxylic acids is 2. The van der Waals surface area contributed by atoms with Gasteiger partial charge in [-0.2, -0.15) is 48.0 Å². The summed E-state index contributed by atoms with van der Waals surface area (Å²) in [5.41, 5.74) is 1.44. The molecule has 0 fully saturated rings. The third-order valence-corrected chi connectivity index (χ3v) is 2.05. The van der Waals surface area contributed by atoms with E-state index in [2.05, 4.69) is 19.1 Å². The quantitative estimate of drug-likeness (QED) is 0.478. The largest absolute Gasteiger partial charge is 0.542 e. The molecule has 2 aromatic rings. The van der Waals surface area contributed by atoms with Gasteiger partial charge in [-0.05, 0) is 0 Å². The van der Waals surface area contributed by atoms with Gasteiger partial charge >= 0.3 is 0 Å². The minimum Gasteiger partial charge on any atom is -0.542 e. The molecule has 24 heavy (non-hydrogen) atoms. The van der Waals surface area contributed by atoms with E-state index >= 15 is 0 Å². The molecule has 0 heterocycles. The average molecular weight is 474 g/mol. The van der Waals surface area contributed by atoms with Crippen LogP contribution < -0.4 is 0 Å². The first-order valence-corrected chi connectivity index (χ1v) is 7.37. The zero-order valence-electron chi connectivity index (χ0n) is 15.0. The smallest absolute Gasteiger partial charge is 0 e. The maximum atomic E-state index is 10.5. The summed E-state index contributed by atoms with van der Waals surface area (Å²) < 4.78 is 0. The molecule has 2 nitrogen and oxygen atoms in total. The normalized spacial score (nSPS) is 7.17. The Labute approximate surface area is 198 Å². The number of hydrogen-bond acceptors (Lipinski definition) is 2. The Morgan fingerprint density at radius 3 is 1.75 bits per heavy atom. The van der Waals surface area contributed by atoms with Crippen molar-refractivity contribution in [2.45, 2.75) is 34.1 Å². The van der Waals surface area contributed by atoms with Crippen molar-refractivity contribution in [1.29, 1.82) is 0 Å². The zero-order valence-corrected chi connectivity index (χ0v) is 20.7. The second-order valence-corrected chi connectivity index (χ2v) is 3.41. The van der Waals surface area contributed by atoms with E-state index in [-0.39, 0.29) is 71.2 Å². The summed E-state index contributed by atoms with van der Waals surface area (Å²) in [6.07, 6.45) is 2.15. The summed E-state index contributed by atoms with van der Waals surface area (Å²) in [5, 5.41) is 0. The van der Waals surface area contributed by atoms with Crippen molar-refractivity contribution < 1.29 is 75.0 Å².